The molecule has 1 aromatic carbocycles. The zero-order valence-corrected chi connectivity index (χ0v) is 13.6. The summed E-state index contributed by atoms with van der Waals surface area (Å²) in [6, 6.07) is 7.15. The molecule has 1 amide bonds. The number of H-pyrrole nitrogens is 1. The Labute approximate surface area is 137 Å². The molecular weight excluding hydrogens is 316 g/mol. The van der Waals surface area contributed by atoms with Crippen LogP contribution in [0.3, 0.4) is 0 Å². The van der Waals surface area contributed by atoms with E-state index in [4.69, 9.17) is 11.6 Å². The van der Waals surface area contributed by atoms with Gasteiger partial charge in [-0.1, -0.05) is 11.6 Å². The van der Waals surface area contributed by atoms with Crippen molar-refractivity contribution in [1.29, 1.82) is 0 Å². The number of amides is 1. The fraction of sp³-hybridized carbons (Fsp3) is 0.200. The minimum atomic E-state index is -0.381. The van der Waals surface area contributed by atoms with Crippen molar-refractivity contribution < 1.29 is 4.79 Å². The summed E-state index contributed by atoms with van der Waals surface area (Å²) in [6.45, 7) is 5.43. The van der Waals surface area contributed by atoms with Crippen LogP contribution < -0.4 is 5.32 Å². The van der Waals surface area contributed by atoms with Crippen molar-refractivity contribution in [3.05, 3.63) is 52.3 Å². The van der Waals surface area contributed by atoms with Crippen LogP contribution in [0.2, 0.25) is 5.02 Å². The molecule has 0 saturated carbocycles. The lowest BCUT2D eigenvalue weighted by molar-refractivity contribution is 0.101. The maximum absolute atomic E-state index is 12.4. The Morgan fingerprint density at radius 3 is 2.52 bits per heavy atom. The van der Waals surface area contributed by atoms with E-state index in [0.717, 1.165) is 11.4 Å². The first-order chi connectivity index (χ1) is 11.0. The topological polar surface area (TPSA) is 88.5 Å². The molecule has 0 aliphatic rings. The Morgan fingerprint density at radius 1 is 1.22 bits per heavy atom. The van der Waals surface area contributed by atoms with Crippen molar-refractivity contribution in [3.8, 4) is 5.69 Å². The third kappa shape index (κ3) is 2.95. The molecule has 8 heteroatoms. The van der Waals surface area contributed by atoms with E-state index < -0.39 is 0 Å². The Kier molecular flexibility index (Phi) is 3.87. The molecule has 2 heterocycles. The molecule has 0 unspecified atom stereocenters. The predicted octanol–water partition coefficient (Wildman–Crippen LogP) is 2.82. The molecule has 0 saturated heterocycles. The number of hydrogen-bond donors (Lipinski definition) is 2. The lowest BCUT2D eigenvalue weighted by Crippen LogP contribution is -2.15. The van der Waals surface area contributed by atoms with E-state index in [1.807, 2.05) is 26.0 Å². The summed E-state index contributed by atoms with van der Waals surface area (Å²) >= 11 is 5.89. The van der Waals surface area contributed by atoms with Crippen LogP contribution in [0, 0.1) is 20.8 Å². The van der Waals surface area contributed by atoms with Gasteiger partial charge in [0.15, 0.2) is 0 Å². The van der Waals surface area contributed by atoms with Gasteiger partial charge in [0.2, 0.25) is 5.82 Å². The van der Waals surface area contributed by atoms with Crippen LogP contribution in [0.5, 0.6) is 0 Å². The number of anilines is 1. The van der Waals surface area contributed by atoms with Crippen LogP contribution in [0.4, 0.5) is 5.69 Å². The maximum atomic E-state index is 12.4. The first kappa shape index (κ1) is 15.2. The van der Waals surface area contributed by atoms with Crippen LogP contribution in [0.1, 0.15) is 27.8 Å². The van der Waals surface area contributed by atoms with Crippen molar-refractivity contribution >= 4 is 23.2 Å². The van der Waals surface area contributed by atoms with Crippen molar-refractivity contribution in [1.82, 2.24) is 25.0 Å². The number of nitrogens with one attached hydrogen (secondary N) is 2. The van der Waals surface area contributed by atoms with Crippen molar-refractivity contribution in [2.75, 3.05) is 5.32 Å². The van der Waals surface area contributed by atoms with Gasteiger partial charge < -0.3 is 5.32 Å². The molecule has 2 aromatic heterocycles. The molecule has 3 rings (SSSR count). The van der Waals surface area contributed by atoms with E-state index in [1.54, 1.807) is 23.7 Å². The van der Waals surface area contributed by atoms with Crippen LogP contribution in [0.15, 0.2) is 24.3 Å². The van der Waals surface area contributed by atoms with Gasteiger partial charge >= 0.3 is 0 Å². The van der Waals surface area contributed by atoms with Gasteiger partial charge in [-0.2, -0.15) is 5.10 Å². The van der Waals surface area contributed by atoms with Crippen LogP contribution >= 0.6 is 11.6 Å². The smallest absolute Gasteiger partial charge is 0.295 e. The molecule has 0 spiro atoms. The minimum Gasteiger partial charge on any atom is -0.316 e. The number of benzene rings is 1. The minimum absolute atomic E-state index is 0.0949. The first-order valence-electron chi connectivity index (χ1n) is 6.98. The van der Waals surface area contributed by atoms with Gasteiger partial charge in [0.05, 0.1) is 22.8 Å². The number of aryl methyl sites for hydroxylation is 3. The summed E-state index contributed by atoms with van der Waals surface area (Å²) in [5.41, 5.74) is 2.93. The molecule has 118 valence electrons. The van der Waals surface area contributed by atoms with Gasteiger partial charge in [0.25, 0.3) is 5.91 Å². The van der Waals surface area contributed by atoms with Gasteiger partial charge in [0, 0.05) is 5.02 Å². The number of halogens is 1. The van der Waals surface area contributed by atoms with Crippen molar-refractivity contribution in [3.63, 3.8) is 0 Å². The highest BCUT2D eigenvalue weighted by Crippen LogP contribution is 2.18. The second kappa shape index (κ2) is 5.85. The normalized spacial score (nSPS) is 10.8. The monoisotopic (exact) mass is 330 g/mol. The number of aromatic amines is 1. The predicted molar refractivity (Wildman–Crippen MR) is 87.1 cm³/mol. The van der Waals surface area contributed by atoms with Gasteiger partial charge in [-0.15, -0.1) is 5.10 Å². The second-order valence-electron chi connectivity index (χ2n) is 5.13. The Morgan fingerprint density at radius 2 is 1.91 bits per heavy atom. The van der Waals surface area contributed by atoms with E-state index in [2.05, 4.69) is 25.6 Å². The highest BCUT2D eigenvalue weighted by atomic mass is 35.5. The van der Waals surface area contributed by atoms with Crippen LogP contribution in [0.25, 0.3) is 5.69 Å². The summed E-state index contributed by atoms with van der Waals surface area (Å²) in [6.07, 6.45) is 0. The average Bonchev–Trinajstić information content (AvgIpc) is 3.05. The Hall–Kier alpha value is -2.67. The summed E-state index contributed by atoms with van der Waals surface area (Å²) in [5.74, 6) is 0.323. The Balaban J connectivity index is 1.88. The van der Waals surface area contributed by atoms with Crippen LogP contribution in [-0.4, -0.2) is 30.9 Å². The van der Waals surface area contributed by atoms with E-state index >= 15 is 0 Å². The molecule has 2 N–H and O–H groups in total. The molecule has 7 nitrogen and oxygen atoms in total. The largest absolute Gasteiger partial charge is 0.316 e. The quantitative estimate of drug-likeness (QED) is 0.772. The van der Waals surface area contributed by atoms with Crippen LogP contribution in [-0.2, 0) is 0 Å². The highest BCUT2D eigenvalue weighted by molar-refractivity contribution is 6.30. The SMILES string of the molecule is Cc1n[nH]c(C)c1NC(=O)c1nc(C)n(-c2ccc(Cl)cc2)n1. The number of nitrogens with zero attached hydrogens (tertiary/aromatic N) is 4. The third-order valence-electron chi connectivity index (χ3n) is 3.41. The molecule has 3 aromatic rings. The lowest BCUT2D eigenvalue weighted by Gasteiger charge is -2.03. The Bertz CT molecular complexity index is 845. The molecule has 0 atom stereocenters. The van der Waals surface area contributed by atoms with Gasteiger partial charge in [-0.25, -0.2) is 9.67 Å². The van der Waals surface area contributed by atoms with Gasteiger partial charge in [-0.05, 0) is 45.0 Å². The summed E-state index contributed by atoms with van der Waals surface area (Å²) < 4.78 is 1.60. The standard InChI is InChI=1S/C15H15ClN6O/c1-8-13(9(2)20-19-8)18-15(23)14-17-10(3)22(21-14)12-6-4-11(16)5-7-12/h4-7H,1-3H3,(H,18,23)(H,19,20). The number of rotatable bonds is 3. The molecule has 0 fully saturated rings. The fourth-order valence-corrected chi connectivity index (χ4v) is 2.34. The number of hydrogen-bond acceptors (Lipinski definition) is 4. The number of carbonyl (C=O) groups excluding carboxylic acids is 1. The lowest BCUT2D eigenvalue weighted by atomic mass is 10.3. The summed E-state index contributed by atoms with van der Waals surface area (Å²) in [5, 5.41) is 14.5. The third-order valence-corrected chi connectivity index (χ3v) is 3.66. The molecule has 23 heavy (non-hydrogen) atoms. The molecule has 0 aliphatic heterocycles. The van der Waals surface area contributed by atoms with Gasteiger partial charge in [0.1, 0.15) is 5.82 Å². The zero-order chi connectivity index (χ0) is 16.6. The molecule has 0 radical (unpaired) electrons. The maximum Gasteiger partial charge on any atom is 0.295 e. The van der Waals surface area contributed by atoms with Crippen molar-refractivity contribution in [2.45, 2.75) is 20.8 Å². The zero-order valence-electron chi connectivity index (χ0n) is 12.9. The van der Waals surface area contributed by atoms with Gasteiger partial charge in [-0.3, -0.25) is 9.89 Å². The number of aromatic nitrogens is 5. The highest BCUT2D eigenvalue weighted by Gasteiger charge is 2.18. The summed E-state index contributed by atoms with van der Waals surface area (Å²) in [7, 11) is 0. The average molecular weight is 331 g/mol. The summed E-state index contributed by atoms with van der Waals surface area (Å²) in [4.78, 5) is 16.6. The number of carbonyl (C=O) groups is 1. The first-order valence-corrected chi connectivity index (χ1v) is 7.36. The molecule has 0 aliphatic carbocycles. The van der Waals surface area contributed by atoms with Crippen molar-refractivity contribution in [2.24, 2.45) is 0 Å². The molecule has 0 bridgehead atoms. The fourth-order valence-electron chi connectivity index (χ4n) is 2.22. The van der Waals surface area contributed by atoms with E-state index in [1.165, 1.54) is 0 Å². The second-order valence-corrected chi connectivity index (χ2v) is 5.57. The van der Waals surface area contributed by atoms with E-state index in [0.29, 0.717) is 22.2 Å². The molecular formula is C15H15ClN6O. The van der Waals surface area contributed by atoms with E-state index in [-0.39, 0.29) is 11.7 Å². The van der Waals surface area contributed by atoms with E-state index in [9.17, 15) is 4.79 Å².